The van der Waals surface area contributed by atoms with Gasteiger partial charge in [0.25, 0.3) is 0 Å². The van der Waals surface area contributed by atoms with Crippen LogP contribution in [0.1, 0.15) is 48.4 Å². The Bertz CT molecular complexity index is 600. The second-order valence-corrected chi connectivity index (χ2v) is 5.87. The molecule has 198 valence electrons. The van der Waals surface area contributed by atoms with Crippen molar-refractivity contribution in [2.24, 2.45) is 5.73 Å². The molecule has 1 rings (SSSR count). The third-order valence-electron chi connectivity index (χ3n) is 3.62. The Morgan fingerprint density at radius 2 is 1.18 bits per heavy atom. The molecule has 1 aromatic rings. The zero-order valence-electron chi connectivity index (χ0n) is 21.1. The monoisotopic (exact) mass is 489 g/mol. The van der Waals surface area contributed by atoms with Crippen LogP contribution >= 0.6 is 0 Å². The minimum absolute atomic E-state index is 0.0511. The van der Waals surface area contributed by atoms with Crippen molar-refractivity contribution in [3.05, 3.63) is 29.3 Å². The predicted molar refractivity (Wildman–Crippen MR) is 130 cm³/mol. The first-order valence-corrected chi connectivity index (χ1v) is 11.7. The van der Waals surface area contributed by atoms with Gasteiger partial charge in [0.15, 0.2) is 6.29 Å². The molecule has 0 unspecified atom stereocenters. The van der Waals surface area contributed by atoms with E-state index in [1.54, 1.807) is 0 Å². The van der Waals surface area contributed by atoms with Crippen molar-refractivity contribution in [2.45, 2.75) is 27.7 Å². The van der Waals surface area contributed by atoms with Crippen LogP contribution in [-0.2, 0) is 23.7 Å². The van der Waals surface area contributed by atoms with Gasteiger partial charge >= 0.3 is 5.97 Å². The van der Waals surface area contributed by atoms with Gasteiger partial charge in [-0.1, -0.05) is 27.7 Å². The van der Waals surface area contributed by atoms with Crippen molar-refractivity contribution in [3.8, 4) is 5.75 Å². The van der Waals surface area contributed by atoms with Gasteiger partial charge < -0.3 is 39.3 Å². The molecule has 0 aliphatic rings. The van der Waals surface area contributed by atoms with E-state index in [0.717, 1.165) is 0 Å². The third kappa shape index (κ3) is 19.4. The second-order valence-electron chi connectivity index (χ2n) is 5.87. The van der Waals surface area contributed by atoms with Gasteiger partial charge in [-0.2, -0.15) is 0 Å². The van der Waals surface area contributed by atoms with E-state index in [0.29, 0.717) is 72.3 Å². The van der Waals surface area contributed by atoms with Crippen molar-refractivity contribution in [2.75, 3.05) is 79.2 Å². The standard InChI is InChI=1S/C20H31NO9.2C2H6/c21-3-4-25-5-6-26-7-8-27-9-10-28-11-12-29-13-14-30-19-15-17(20(23)24)1-2-18(19)16-22;2*1-2/h1-2,15-16H,3-14,21H2,(H,23,24);2*1-2H3. The van der Waals surface area contributed by atoms with Gasteiger partial charge in [-0.3, -0.25) is 4.79 Å². The maximum atomic E-state index is 11.0. The van der Waals surface area contributed by atoms with E-state index in [9.17, 15) is 9.59 Å². The van der Waals surface area contributed by atoms with Crippen LogP contribution in [0.15, 0.2) is 18.2 Å². The van der Waals surface area contributed by atoms with Gasteiger partial charge in [-0.15, -0.1) is 0 Å². The minimum Gasteiger partial charge on any atom is -0.490 e. The van der Waals surface area contributed by atoms with Crippen LogP contribution in [0, 0.1) is 0 Å². The molecular formula is C24H43NO9. The number of ether oxygens (including phenoxy) is 6. The summed E-state index contributed by atoms with van der Waals surface area (Å²) in [5.41, 5.74) is 5.63. The Balaban J connectivity index is 0. The molecule has 0 spiro atoms. The minimum atomic E-state index is -1.09. The number of hydrogen-bond acceptors (Lipinski definition) is 9. The number of carbonyl (C=O) groups is 2. The maximum Gasteiger partial charge on any atom is 0.335 e. The summed E-state index contributed by atoms with van der Waals surface area (Å²) in [6.07, 6.45) is 0.613. The fourth-order valence-electron chi connectivity index (χ4n) is 2.17. The topological polar surface area (TPSA) is 136 Å². The van der Waals surface area contributed by atoms with Gasteiger partial charge in [-0.25, -0.2) is 4.79 Å². The molecule has 0 aromatic heterocycles. The fraction of sp³-hybridized carbons (Fsp3) is 0.667. The molecule has 0 amide bonds. The lowest BCUT2D eigenvalue weighted by atomic mass is 10.1. The first-order valence-electron chi connectivity index (χ1n) is 11.7. The zero-order chi connectivity index (χ0) is 25.9. The van der Waals surface area contributed by atoms with Crippen molar-refractivity contribution in [1.29, 1.82) is 0 Å². The third-order valence-corrected chi connectivity index (χ3v) is 3.62. The number of carboxylic acids is 1. The van der Waals surface area contributed by atoms with E-state index >= 15 is 0 Å². The summed E-state index contributed by atoms with van der Waals surface area (Å²) in [6, 6.07) is 4.08. The highest BCUT2D eigenvalue weighted by Gasteiger charge is 2.09. The van der Waals surface area contributed by atoms with Gasteiger partial charge in [0, 0.05) is 6.54 Å². The maximum absolute atomic E-state index is 11.0. The first kappa shape index (κ1) is 34.1. The average Bonchev–Trinajstić information content (AvgIpc) is 2.88. The van der Waals surface area contributed by atoms with Crippen LogP contribution in [0.2, 0.25) is 0 Å². The number of aldehydes is 1. The Labute approximate surface area is 203 Å². The molecule has 0 bridgehead atoms. The lowest BCUT2D eigenvalue weighted by Crippen LogP contribution is -2.15. The van der Waals surface area contributed by atoms with Crippen LogP contribution in [-0.4, -0.2) is 96.6 Å². The number of nitrogens with two attached hydrogens (primary N) is 1. The molecule has 0 saturated heterocycles. The molecule has 0 heterocycles. The molecule has 0 radical (unpaired) electrons. The molecule has 3 N–H and O–H groups in total. The predicted octanol–water partition coefficient (Wildman–Crippen LogP) is 2.67. The Hall–Kier alpha value is -2.08. The van der Waals surface area contributed by atoms with Crippen LogP contribution < -0.4 is 10.5 Å². The van der Waals surface area contributed by atoms with Crippen molar-refractivity contribution >= 4 is 12.3 Å². The quantitative estimate of drug-likeness (QED) is 0.208. The normalized spacial score (nSPS) is 9.91. The highest BCUT2D eigenvalue weighted by atomic mass is 16.6. The summed E-state index contributed by atoms with van der Waals surface area (Å²) in [5.74, 6) is -0.871. The van der Waals surface area contributed by atoms with E-state index in [-0.39, 0.29) is 30.1 Å². The van der Waals surface area contributed by atoms with Gasteiger partial charge in [0.05, 0.1) is 77.2 Å². The molecule has 1 aromatic carbocycles. The zero-order valence-corrected chi connectivity index (χ0v) is 21.1. The highest BCUT2D eigenvalue weighted by Crippen LogP contribution is 2.19. The number of carboxylic acid groups (broad SMARTS) is 1. The van der Waals surface area contributed by atoms with E-state index in [4.69, 9.17) is 39.3 Å². The van der Waals surface area contributed by atoms with Crippen LogP contribution in [0.5, 0.6) is 5.75 Å². The molecule has 34 heavy (non-hydrogen) atoms. The molecule has 0 atom stereocenters. The summed E-state index contributed by atoms with van der Waals surface area (Å²) in [7, 11) is 0. The van der Waals surface area contributed by atoms with Gasteiger partial charge in [0.1, 0.15) is 12.4 Å². The number of rotatable bonds is 20. The largest absolute Gasteiger partial charge is 0.490 e. The Kier molecular flexibility index (Phi) is 27.2. The number of aromatic carboxylic acids is 1. The summed E-state index contributed by atoms with van der Waals surface area (Å²) in [5, 5.41) is 8.99. The molecule has 0 aliphatic heterocycles. The van der Waals surface area contributed by atoms with Gasteiger partial charge in [0.2, 0.25) is 0 Å². The second kappa shape index (κ2) is 27.2. The summed E-state index contributed by atoms with van der Waals surface area (Å²) in [6.45, 7) is 13.2. The van der Waals surface area contributed by atoms with Crippen molar-refractivity contribution in [1.82, 2.24) is 0 Å². The molecule has 10 nitrogen and oxygen atoms in total. The number of benzene rings is 1. The number of carbonyl (C=O) groups excluding carboxylic acids is 1. The lowest BCUT2D eigenvalue weighted by molar-refractivity contribution is -0.0122. The lowest BCUT2D eigenvalue weighted by Gasteiger charge is -2.10. The van der Waals surface area contributed by atoms with E-state index in [2.05, 4.69) is 0 Å². The molecular weight excluding hydrogens is 446 g/mol. The van der Waals surface area contributed by atoms with Crippen molar-refractivity contribution in [3.63, 3.8) is 0 Å². The van der Waals surface area contributed by atoms with Crippen molar-refractivity contribution < 1.29 is 43.1 Å². The van der Waals surface area contributed by atoms with E-state index in [1.807, 2.05) is 27.7 Å². The van der Waals surface area contributed by atoms with Gasteiger partial charge in [-0.05, 0) is 18.2 Å². The SMILES string of the molecule is CC.CC.NCCOCCOCCOCCOCCOCCOc1cc(C(=O)O)ccc1C=O. The van der Waals surface area contributed by atoms with Crippen LogP contribution in [0.25, 0.3) is 0 Å². The first-order chi connectivity index (χ1) is 16.7. The smallest absolute Gasteiger partial charge is 0.335 e. The van der Waals surface area contributed by atoms with Crippen LogP contribution in [0.3, 0.4) is 0 Å². The highest BCUT2D eigenvalue weighted by molar-refractivity contribution is 5.90. The summed E-state index contributed by atoms with van der Waals surface area (Å²) >= 11 is 0. The molecule has 0 saturated carbocycles. The number of hydrogen-bond donors (Lipinski definition) is 2. The molecule has 0 aliphatic carbocycles. The van der Waals surface area contributed by atoms with E-state index in [1.165, 1.54) is 18.2 Å². The van der Waals surface area contributed by atoms with Crippen LogP contribution in [0.4, 0.5) is 0 Å². The Morgan fingerprint density at radius 1 is 0.765 bits per heavy atom. The average molecular weight is 490 g/mol. The fourth-order valence-corrected chi connectivity index (χ4v) is 2.17. The Morgan fingerprint density at radius 3 is 1.56 bits per heavy atom. The summed E-state index contributed by atoms with van der Waals surface area (Å²) < 4.78 is 32.0. The molecule has 10 heteroatoms. The van der Waals surface area contributed by atoms with E-state index < -0.39 is 5.97 Å². The molecule has 0 fully saturated rings. The summed E-state index contributed by atoms with van der Waals surface area (Å²) in [4.78, 5) is 22.0.